The van der Waals surface area contributed by atoms with Crippen molar-refractivity contribution < 1.29 is 9.18 Å². The highest BCUT2D eigenvalue weighted by Crippen LogP contribution is 2.17. The van der Waals surface area contributed by atoms with Crippen LogP contribution in [0.5, 0.6) is 0 Å². The summed E-state index contributed by atoms with van der Waals surface area (Å²) < 4.78 is 12.8. The summed E-state index contributed by atoms with van der Waals surface area (Å²) in [6, 6.07) is 12.2. The Balaban J connectivity index is 1.98. The van der Waals surface area contributed by atoms with Crippen molar-refractivity contribution in [1.29, 1.82) is 0 Å². The minimum absolute atomic E-state index is 0.0442. The fourth-order valence-electron chi connectivity index (χ4n) is 2.20. The van der Waals surface area contributed by atoms with Gasteiger partial charge in [0.15, 0.2) is 0 Å². The molecule has 2 aromatic rings. The van der Waals surface area contributed by atoms with E-state index in [4.69, 9.17) is 0 Å². The molecule has 0 fully saturated rings. The summed E-state index contributed by atoms with van der Waals surface area (Å²) in [6.07, 6.45) is 0.259. The Bertz CT molecular complexity index is 634. The Kier molecular flexibility index (Phi) is 4.73. The Morgan fingerprint density at radius 3 is 2.38 bits per heavy atom. The smallest absolute Gasteiger partial charge is 0.224 e. The highest BCUT2D eigenvalue weighted by Gasteiger charge is 2.10. The number of hydrogen-bond donors (Lipinski definition) is 1. The third-order valence-electron chi connectivity index (χ3n) is 3.69. The van der Waals surface area contributed by atoms with Crippen molar-refractivity contribution in [3.05, 3.63) is 70.5 Å². The highest BCUT2D eigenvalue weighted by atomic mass is 19.1. The molecule has 0 unspecified atom stereocenters. The lowest BCUT2D eigenvalue weighted by Gasteiger charge is -2.16. The lowest BCUT2D eigenvalue weighted by Crippen LogP contribution is -2.28. The Hall–Kier alpha value is -2.16. The first kappa shape index (κ1) is 15.2. The average molecular weight is 285 g/mol. The number of hydrogen-bond acceptors (Lipinski definition) is 1. The Morgan fingerprint density at radius 2 is 1.76 bits per heavy atom. The van der Waals surface area contributed by atoms with E-state index in [9.17, 15) is 9.18 Å². The van der Waals surface area contributed by atoms with Crippen molar-refractivity contribution >= 4 is 5.91 Å². The van der Waals surface area contributed by atoms with Gasteiger partial charge in [-0.2, -0.15) is 0 Å². The molecule has 0 bridgehead atoms. The number of carbonyl (C=O) groups excluding carboxylic acids is 1. The molecule has 0 aliphatic carbocycles. The van der Waals surface area contributed by atoms with Gasteiger partial charge >= 0.3 is 0 Å². The summed E-state index contributed by atoms with van der Waals surface area (Å²) >= 11 is 0. The second-order valence-electron chi connectivity index (χ2n) is 5.44. The summed E-state index contributed by atoms with van der Waals surface area (Å²) in [7, 11) is 0. The number of amides is 1. The standard InChI is InChI=1S/C18H20FNO/c1-12-4-7-16(10-13(12)2)14(3)20-18(21)11-15-5-8-17(19)9-6-15/h4-10,14H,11H2,1-3H3,(H,20,21)/t14-/m0/s1. The van der Waals surface area contributed by atoms with Crippen molar-refractivity contribution in [1.82, 2.24) is 5.32 Å². The van der Waals surface area contributed by atoms with Crippen LogP contribution in [0.2, 0.25) is 0 Å². The van der Waals surface area contributed by atoms with Gasteiger partial charge in [-0.05, 0) is 55.2 Å². The predicted octanol–water partition coefficient (Wildman–Crippen LogP) is 3.86. The van der Waals surface area contributed by atoms with Crippen LogP contribution in [0.25, 0.3) is 0 Å². The summed E-state index contributed by atoms with van der Waals surface area (Å²) in [6.45, 7) is 6.09. The van der Waals surface area contributed by atoms with Crippen LogP contribution in [-0.2, 0) is 11.2 Å². The predicted molar refractivity (Wildman–Crippen MR) is 82.6 cm³/mol. The zero-order valence-corrected chi connectivity index (χ0v) is 12.6. The summed E-state index contributed by atoms with van der Waals surface area (Å²) in [5.74, 6) is -0.352. The number of carbonyl (C=O) groups is 1. The number of aryl methyl sites for hydroxylation is 2. The highest BCUT2D eigenvalue weighted by molar-refractivity contribution is 5.79. The Labute approximate surface area is 125 Å². The van der Waals surface area contributed by atoms with Gasteiger partial charge in [-0.25, -0.2) is 4.39 Å². The van der Waals surface area contributed by atoms with Gasteiger partial charge in [-0.3, -0.25) is 4.79 Å². The van der Waals surface area contributed by atoms with Crippen LogP contribution in [0.4, 0.5) is 4.39 Å². The van der Waals surface area contributed by atoms with Gasteiger partial charge in [0.2, 0.25) is 5.91 Å². The maximum atomic E-state index is 12.8. The molecule has 3 heteroatoms. The molecule has 21 heavy (non-hydrogen) atoms. The van der Waals surface area contributed by atoms with E-state index in [2.05, 4.69) is 31.3 Å². The van der Waals surface area contributed by atoms with E-state index in [-0.39, 0.29) is 24.2 Å². The number of benzene rings is 2. The molecule has 110 valence electrons. The van der Waals surface area contributed by atoms with Gasteiger partial charge in [0, 0.05) is 0 Å². The van der Waals surface area contributed by atoms with E-state index < -0.39 is 0 Å². The first-order chi connectivity index (χ1) is 9.95. The third kappa shape index (κ3) is 4.15. The van der Waals surface area contributed by atoms with Crippen LogP contribution >= 0.6 is 0 Å². The second-order valence-corrected chi connectivity index (χ2v) is 5.44. The van der Waals surface area contributed by atoms with E-state index >= 15 is 0 Å². The second kappa shape index (κ2) is 6.53. The molecule has 2 aromatic carbocycles. The zero-order chi connectivity index (χ0) is 15.4. The van der Waals surface area contributed by atoms with Crippen LogP contribution in [0.1, 0.15) is 35.2 Å². The zero-order valence-electron chi connectivity index (χ0n) is 12.6. The first-order valence-corrected chi connectivity index (χ1v) is 7.06. The topological polar surface area (TPSA) is 29.1 Å². The van der Waals surface area contributed by atoms with Crippen LogP contribution in [0.3, 0.4) is 0 Å². The van der Waals surface area contributed by atoms with Crippen LogP contribution in [0.15, 0.2) is 42.5 Å². The van der Waals surface area contributed by atoms with Crippen LogP contribution in [-0.4, -0.2) is 5.91 Å². The van der Waals surface area contributed by atoms with Gasteiger partial charge < -0.3 is 5.32 Å². The van der Waals surface area contributed by atoms with Gasteiger partial charge in [0.1, 0.15) is 5.82 Å². The molecule has 0 heterocycles. The quantitative estimate of drug-likeness (QED) is 0.908. The molecule has 1 N–H and O–H groups in total. The van der Waals surface area contributed by atoms with Gasteiger partial charge in [-0.15, -0.1) is 0 Å². The molecule has 0 aliphatic rings. The molecule has 1 atom stereocenters. The fourth-order valence-corrected chi connectivity index (χ4v) is 2.20. The van der Waals surface area contributed by atoms with Crippen molar-refractivity contribution in [2.24, 2.45) is 0 Å². The van der Waals surface area contributed by atoms with Crippen LogP contribution in [0, 0.1) is 19.7 Å². The molecular weight excluding hydrogens is 265 g/mol. The Morgan fingerprint density at radius 1 is 1.10 bits per heavy atom. The molecule has 0 saturated carbocycles. The molecule has 1 amide bonds. The van der Waals surface area contributed by atoms with E-state index in [1.165, 1.54) is 23.3 Å². The number of nitrogens with one attached hydrogen (secondary N) is 1. The van der Waals surface area contributed by atoms with Crippen molar-refractivity contribution in [2.45, 2.75) is 33.2 Å². The average Bonchev–Trinajstić information content (AvgIpc) is 2.44. The lowest BCUT2D eigenvalue weighted by atomic mass is 10.0. The van der Waals surface area contributed by atoms with Gasteiger partial charge in [-0.1, -0.05) is 30.3 Å². The molecule has 0 aromatic heterocycles. The molecule has 0 spiro atoms. The largest absolute Gasteiger partial charge is 0.349 e. The minimum atomic E-state index is -0.289. The fraction of sp³-hybridized carbons (Fsp3) is 0.278. The van der Waals surface area contributed by atoms with Gasteiger partial charge in [0.25, 0.3) is 0 Å². The molecular formula is C18H20FNO. The van der Waals surface area contributed by atoms with Crippen LogP contribution < -0.4 is 5.32 Å². The van der Waals surface area contributed by atoms with E-state index in [0.29, 0.717) is 0 Å². The van der Waals surface area contributed by atoms with Gasteiger partial charge in [0.05, 0.1) is 12.5 Å². The van der Waals surface area contributed by atoms with Crippen molar-refractivity contribution in [2.75, 3.05) is 0 Å². The number of rotatable bonds is 4. The lowest BCUT2D eigenvalue weighted by molar-refractivity contribution is -0.121. The van der Waals surface area contributed by atoms with E-state index in [0.717, 1.165) is 11.1 Å². The van der Waals surface area contributed by atoms with Crippen molar-refractivity contribution in [3.63, 3.8) is 0 Å². The molecule has 0 radical (unpaired) electrons. The van der Waals surface area contributed by atoms with E-state index in [1.807, 2.05) is 13.0 Å². The normalized spacial score (nSPS) is 12.0. The maximum absolute atomic E-state index is 12.8. The number of halogens is 1. The molecule has 0 saturated heterocycles. The molecule has 0 aliphatic heterocycles. The maximum Gasteiger partial charge on any atom is 0.224 e. The minimum Gasteiger partial charge on any atom is -0.349 e. The van der Waals surface area contributed by atoms with E-state index in [1.54, 1.807) is 12.1 Å². The molecule has 2 rings (SSSR count). The SMILES string of the molecule is Cc1ccc([C@H](C)NC(=O)Cc2ccc(F)cc2)cc1C. The monoisotopic (exact) mass is 285 g/mol. The molecule has 2 nitrogen and oxygen atoms in total. The first-order valence-electron chi connectivity index (χ1n) is 7.06. The summed E-state index contributed by atoms with van der Waals surface area (Å²) in [4.78, 5) is 12.0. The summed E-state index contributed by atoms with van der Waals surface area (Å²) in [5.41, 5.74) is 4.35. The third-order valence-corrected chi connectivity index (χ3v) is 3.69. The summed E-state index contributed by atoms with van der Waals surface area (Å²) in [5, 5.41) is 2.97. The van der Waals surface area contributed by atoms with Crippen molar-refractivity contribution in [3.8, 4) is 0 Å².